The summed E-state index contributed by atoms with van der Waals surface area (Å²) in [5, 5.41) is 9.96. The van der Waals surface area contributed by atoms with Crippen molar-refractivity contribution in [1.82, 2.24) is 4.98 Å². The summed E-state index contributed by atoms with van der Waals surface area (Å²) in [7, 11) is 0. The van der Waals surface area contributed by atoms with Crippen LogP contribution in [-0.2, 0) is 0 Å². The quantitative estimate of drug-likeness (QED) is 0.668. The summed E-state index contributed by atoms with van der Waals surface area (Å²) in [6.45, 7) is 1.67. The van der Waals surface area contributed by atoms with Crippen LogP contribution in [0.3, 0.4) is 0 Å². The van der Waals surface area contributed by atoms with E-state index >= 15 is 0 Å². The molecule has 1 aromatic heterocycles. The van der Waals surface area contributed by atoms with Crippen LogP contribution in [0.2, 0.25) is 0 Å². The van der Waals surface area contributed by atoms with Crippen LogP contribution in [-0.4, -0.2) is 10.1 Å². The van der Waals surface area contributed by atoms with Crippen molar-refractivity contribution in [2.45, 2.75) is 6.92 Å². The van der Waals surface area contributed by atoms with Gasteiger partial charge in [0.25, 0.3) is 5.56 Å². The van der Waals surface area contributed by atoms with Gasteiger partial charge in [0.05, 0.1) is 5.52 Å². The number of aromatic nitrogens is 1. The van der Waals surface area contributed by atoms with Gasteiger partial charge in [-0.3, -0.25) is 4.79 Å². The molecule has 0 radical (unpaired) electrons. The van der Waals surface area contributed by atoms with E-state index in [1.165, 1.54) is 12.1 Å². The molecule has 0 fully saturated rings. The van der Waals surface area contributed by atoms with Gasteiger partial charge < -0.3 is 10.1 Å². The highest BCUT2D eigenvalue weighted by Gasteiger charge is 2.06. The largest absolute Gasteiger partial charge is 0.507 e. The van der Waals surface area contributed by atoms with E-state index in [2.05, 4.69) is 4.98 Å². The molecule has 0 spiro atoms. The number of fused-ring (bicyclic) bond motifs is 1. The van der Waals surface area contributed by atoms with Crippen LogP contribution in [0.25, 0.3) is 10.9 Å². The van der Waals surface area contributed by atoms with Crippen molar-refractivity contribution >= 4 is 10.9 Å². The van der Waals surface area contributed by atoms with Gasteiger partial charge in [0, 0.05) is 11.5 Å². The highest BCUT2D eigenvalue weighted by Crippen LogP contribution is 2.25. The molecule has 0 aliphatic heterocycles. The molecule has 0 amide bonds. The zero-order valence-electron chi connectivity index (χ0n) is 7.47. The van der Waals surface area contributed by atoms with E-state index in [1.807, 2.05) is 0 Å². The van der Waals surface area contributed by atoms with E-state index in [1.54, 1.807) is 6.92 Å². The molecule has 14 heavy (non-hydrogen) atoms. The third-order valence-corrected chi connectivity index (χ3v) is 2.08. The Labute approximate surface area is 78.8 Å². The fraction of sp³-hybridized carbons (Fsp3) is 0.100. The smallest absolute Gasteiger partial charge is 0.252 e. The molecule has 3 nitrogen and oxygen atoms in total. The zero-order valence-corrected chi connectivity index (χ0v) is 7.47. The van der Waals surface area contributed by atoms with Gasteiger partial charge in [-0.25, -0.2) is 4.39 Å². The van der Waals surface area contributed by atoms with Crippen molar-refractivity contribution in [3.05, 3.63) is 39.9 Å². The molecular formula is C10H8FNO2. The monoisotopic (exact) mass is 193 g/mol. The second kappa shape index (κ2) is 2.83. The molecule has 0 aliphatic rings. The van der Waals surface area contributed by atoms with Gasteiger partial charge in [-0.2, -0.15) is 0 Å². The fourth-order valence-electron chi connectivity index (χ4n) is 1.55. The van der Waals surface area contributed by atoms with Gasteiger partial charge in [0.2, 0.25) is 0 Å². The second-order valence-electron chi connectivity index (χ2n) is 3.16. The SMILES string of the molecule is Cc1cc(F)cc2[nH]c(=O)cc(O)c12. The van der Waals surface area contributed by atoms with Gasteiger partial charge >= 0.3 is 0 Å². The van der Waals surface area contributed by atoms with Crippen LogP contribution >= 0.6 is 0 Å². The highest BCUT2D eigenvalue weighted by molar-refractivity contribution is 5.87. The maximum absolute atomic E-state index is 13.0. The number of hydrogen-bond acceptors (Lipinski definition) is 2. The number of aromatic amines is 1. The third-order valence-electron chi connectivity index (χ3n) is 2.08. The van der Waals surface area contributed by atoms with Crippen molar-refractivity contribution < 1.29 is 9.50 Å². The van der Waals surface area contributed by atoms with E-state index < -0.39 is 11.4 Å². The Kier molecular flexibility index (Phi) is 1.77. The molecule has 0 bridgehead atoms. The number of nitrogens with one attached hydrogen (secondary N) is 1. The van der Waals surface area contributed by atoms with Gasteiger partial charge in [0.15, 0.2) is 0 Å². The van der Waals surface area contributed by atoms with Crippen molar-refractivity contribution in [2.75, 3.05) is 0 Å². The van der Waals surface area contributed by atoms with Crippen molar-refractivity contribution in [2.24, 2.45) is 0 Å². The molecule has 72 valence electrons. The average molecular weight is 193 g/mol. The fourth-order valence-corrected chi connectivity index (χ4v) is 1.55. The first-order chi connectivity index (χ1) is 6.58. The molecule has 0 saturated carbocycles. The Bertz CT molecular complexity index is 560. The Hall–Kier alpha value is -1.84. The van der Waals surface area contributed by atoms with Gasteiger partial charge in [-0.1, -0.05) is 0 Å². The normalized spacial score (nSPS) is 10.7. The first-order valence-electron chi connectivity index (χ1n) is 4.10. The molecule has 2 rings (SSSR count). The lowest BCUT2D eigenvalue weighted by molar-refractivity contribution is 0.480. The molecule has 0 atom stereocenters. The summed E-state index contributed by atoms with van der Waals surface area (Å²) < 4.78 is 13.0. The van der Waals surface area contributed by atoms with E-state index in [0.717, 1.165) is 6.07 Å². The number of H-pyrrole nitrogens is 1. The van der Waals surface area contributed by atoms with Gasteiger partial charge in [0.1, 0.15) is 11.6 Å². The topological polar surface area (TPSA) is 53.1 Å². The lowest BCUT2D eigenvalue weighted by Gasteiger charge is -2.03. The van der Waals surface area contributed by atoms with Crippen molar-refractivity contribution in [3.8, 4) is 5.75 Å². The van der Waals surface area contributed by atoms with E-state index in [9.17, 15) is 14.3 Å². The van der Waals surface area contributed by atoms with Crippen LogP contribution in [0, 0.1) is 12.7 Å². The summed E-state index contributed by atoms with van der Waals surface area (Å²) in [4.78, 5) is 13.4. The summed E-state index contributed by atoms with van der Waals surface area (Å²) in [5.41, 5.74) is 0.459. The van der Waals surface area contributed by atoms with Crippen LogP contribution in [0.1, 0.15) is 5.56 Å². The lowest BCUT2D eigenvalue weighted by atomic mass is 10.1. The molecule has 1 aromatic carbocycles. The molecule has 4 heteroatoms. The number of benzene rings is 1. The van der Waals surface area contributed by atoms with Gasteiger partial charge in [-0.15, -0.1) is 0 Å². The second-order valence-corrected chi connectivity index (χ2v) is 3.16. The zero-order chi connectivity index (χ0) is 10.3. The molecule has 2 aromatic rings. The van der Waals surface area contributed by atoms with Crippen LogP contribution in [0.4, 0.5) is 4.39 Å². The van der Waals surface area contributed by atoms with Crippen molar-refractivity contribution in [1.29, 1.82) is 0 Å². The minimum Gasteiger partial charge on any atom is -0.507 e. The number of hydrogen-bond donors (Lipinski definition) is 2. The Balaban J connectivity index is 3.01. The lowest BCUT2D eigenvalue weighted by Crippen LogP contribution is -2.03. The number of halogens is 1. The van der Waals surface area contributed by atoms with Crippen LogP contribution in [0.5, 0.6) is 5.75 Å². The molecule has 0 unspecified atom stereocenters. The summed E-state index contributed by atoms with van der Waals surface area (Å²) in [5.74, 6) is -0.558. The highest BCUT2D eigenvalue weighted by atomic mass is 19.1. The van der Waals surface area contributed by atoms with E-state index in [0.29, 0.717) is 16.5 Å². The molecule has 1 heterocycles. The minimum absolute atomic E-state index is 0.124. The summed E-state index contributed by atoms with van der Waals surface area (Å²) >= 11 is 0. The minimum atomic E-state index is -0.444. The Morgan fingerprint density at radius 1 is 1.36 bits per heavy atom. The van der Waals surface area contributed by atoms with Crippen LogP contribution < -0.4 is 5.56 Å². The van der Waals surface area contributed by atoms with Crippen LogP contribution in [0.15, 0.2) is 23.0 Å². The molecule has 0 saturated heterocycles. The average Bonchev–Trinajstić information content (AvgIpc) is 1.99. The van der Waals surface area contributed by atoms with E-state index in [4.69, 9.17) is 0 Å². The Morgan fingerprint density at radius 2 is 2.07 bits per heavy atom. The number of rotatable bonds is 0. The maximum atomic E-state index is 13.0. The summed E-state index contributed by atoms with van der Waals surface area (Å²) in [6, 6.07) is 3.57. The van der Waals surface area contributed by atoms with Gasteiger partial charge in [-0.05, 0) is 24.6 Å². The maximum Gasteiger partial charge on any atom is 0.252 e. The Morgan fingerprint density at radius 3 is 2.79 bits per heavy atom. The molecule has 2 N–H and O–H groups in total. The molecule has 0 aliphatic carbocycles. The third kappa shape index (κ3) is 1.25. The predicted octanol–water partition coefficient (Wildman–Crippen LogP) is 1.68. The summed E-state index contributed by atoms with van der Waals surface area (Å²) in [6.07, 6.45) is 0. The number of aromatic hydroxyl groups is 1. The van der Waals surface area contributed by atoms with Crippen molar-refractivity contribution in [3.63, 3.8) is 0 Å². The predicted molar refractivity (Wildman–Crippen MR) is 50.9 cm³/mol. The first kappa shape index (κ1) is 8.74. The number of aryl methyl sites for hydroxylation is 1. The standard InChI is InChI=1S/C10H8FNO2/c1-5-2-6(11)3-7-10(5)8(13)4-9(14)12-7/h2-4H,1H3,(H2,12,13,14). The number of pyridine rings is 1. The van der Waals surface area contributed by atoms with E-state index in [-0.39, 0.29) is 5.75 Å². The first-order valence-corrected chi connectivity index (χ1v) is 4.10. The molecular weight excluding hydrogens is 185 g/mol.